The van der Waals surface area contributed by atoms with E-state index in [0.29, 0.717) is 0 Å². The lowest BCUT2D eigenvalue weighted by Crippen LogP contribution is -2.18. The second-order valence-corrected chi connectivity index (χ2v) is 4.95. The molecule has 0 spiro atoms. The van der Waals surface area contributed by atoms with Crippen molar-refractivity contribution in [3.05, 3.63) is 53.5 Å². The minimum Gasteiger partial charge on any atom is -0.392 e. The van der Waals surface area contributed by atoms with Gasteiger partial charge in [0.25, 0.3) is 0 Å². The molecule has 0 aliphatic heterocycles. The zero-order chi connectivity index (χ0) is 14.4. The number of nitrogens with zero attached hydrogens (tertiary/aromatic N) is 3. The van der Waals surface area contributed by atoms with Crippen LogP contribution in [0.5, 0.6) is 0 Å². The summed E-state index contributed by atoms with van der Waals surface area (Å²) in [5, 5.41) is 9.37. The van der Waals surface area contributed by atoms with E-state index in [0.717, 1.165) is 42.0 Å². The van der Waals surface area contributed by atoms with Gasteiger partial charge in [-0.15, -0.1) is 0 Å². The standard InChI is InChI=1S/C16H21N3O/c1-3-5-15-8-14(12-20)9-16(18-15)19(2)11-13-6-4-7-17-10-13/h4,6-10,20H,3,5,11-12H2,1-2H3. The molecule has 0 atom stereocenters. The minimum absolute atomic E-state index is 0.0486. The van der Waals surface area contributed by atoms with Gasteiger partial charge in [0.2, 0.25) is 0 Å². The Bertz CT molecular complexity index is 543. The highest BCUT2D eigenvalue weighted by Crippen LogP contribution is 2.17. The second-order valence-electron chi connectivity index (χ2n) is 4.95. The fraction of sp³-hybridized carbons (Fsp3) is 0.375. The molecule has 0 unspecified atom stereocenters. The smallest absolute Gasteiger partial charge is 0.129 e. The quantitative estimate of drug-likeness (QED) is 0.877. The summed E-state index contributed by atoms with van der Waals surface area (Å²) in [6, 6.07) is 7.90. The van der Waals surface area contributed by atoms with Gasteiger partial charge in [-0.3, -0.25) is 4.98 Å². The van der Waals surface area contributed by atoms with Gasteiger partial charge in [0.15, 0.2) is 0 Å². The number of hydrogen-bond acceptors (Lipinski definition) is 4. The SMILES string of the molecule is CCCc1cc(CO)cc(N(C)Cc2cccnc2)n1. The zero-order valence-electron chi connectivity index (χ0n) is 12.1. The average molecular weight is 271 g/mol. The van der Waals surface area contributed by atoms with Crippen molar-refractivity contribution in [3.63, 3.8) is 0 Å². The molecule has 0 saturated carbocycles. The van der Waals surface area contributed by atoms with Crippen molar-refractivity contribution >= 4 is 5.82 Å². The molecule has 4 nitrogen and oxygen atoms in total. The number of hydrogen-bond donors (Lipinski definition) is 1. The Labute approximate surface area is 120 Å². The first kappa shape index (κ1) is 14.5. The van der Waals surface area contributed by atoms with E-state index in [1.807, 2.05) is 37.5 Å². The predicted molar refractivity (Wildman–Crippen MR) is 80.5 cm³/mol. The lowest BCUT2D eigenvalue weighted by atomic mass is 10.1. The summed E-state index contributed by atoms with van der Waals surface area (Å²) in [6.45, 7) is 2.93. The van der Waals surface area contributed by atoms with Gasteiger partial charge >= 0.3 is 0 Å². The molecule has 0 saturated heterocycles. The Morgan fingerprint density at radius 3 is 2.75 bits per heavy atom. The van der Waals surface area contributed by atoms with Crippen LogP contribution in [0, 0.1) is 0 Å². The highest BCUT2D eigenvalue weighted by atomic mass is 16.3. The van der Waals surface area contributed by atoms with Crippen LogP contribution >= 0.6 is 0 Å². The third-order valence-corrected chi connectivity index (χ3v) is 3.15. The molecule has 0 fully saturated rings. The number of aliphatic hydroxyl groups excluding tert-OH is 1. The van der Waals surface area contributed by atoms with E-state index in [-0.39, 0.29) is 6.61 Å². The minimum atomic E-state index is 0.0486. The van der Waals surface area contributed by atoms with Crippen LogP contribution in [0.15, 0.2) is 36.7 Å². The monoisotopic (exact) mass is 271 g/mol. The molecule has 2 aromatic heterocycles. The maximum Gasteiger partial charge on any atom is 0.129 e. The van der Waals surface area contributed by atoms with Gasteiger partial charge in [0, 0.05) is 31.7 Å². The van der Waals surface area contributed by atoms with Gasteiger partial charge in [-0.1, -0.05) is 19.4 Å². The summed E-state index contributed by atoms with van der Waals surface area (Å²) in [7, 11) is 2.01. The first-order valence-electron chi connectivity index (χ1n) is 6.93. The van der Waals surface area contributed by atoms with Crippen LogP contribution < -0.4 is 4.90 Å². The van der Waals surface area contributed by atoms with Crippen molar-refractivity contribution in [1.29, 1.82) is 0 Å². The molecule has 2 aromatic rings. The maximum atomic E-state index is 9.37. The molecule has 0 amide bonds. The maximum absolute atomic E-state index is 9.37. The molecule has 20 heavy (non-hydrogen) atoms. The predicted octanol–water partition coefficient (Wildman–Crippen LogP) is 2.56. The van der Waals surface area contributed by atoms with E-state index in [1.54, 1.807) is 6.20 Å². The first-order valence-corrected chi connectivity index (χ1v) is 6.93. The number of rotatable bonds is 6. The summed E-state index contributed by atoms with van der Waals surface area (Å²) in [6.07, 6.45) is 5.61. The van der Waals surface area contributed by atoms with Crippen molar-refractivity contribution in [2.24, 2.45) is 0 Å². The number of anilines is 1. The molecule has 4 heteroatoms. The summed E-state index contributed by atoms with van der Waals surface area (Å²) < 4.78 is 0. The van der Waals surface area contributed by atoms with Gasteiger partial charge in [0.05, 0.1) is 6.61 Å². The second kappa shape index (κ2) is 7.01. The third-order valence-electron chi connectivity index (χ3n) is 3.15. The Balaban J connectivity index is 2.19. The van der Waals surface area contributed by atoms with E-state index in [4.69, 9.17) is 0 Å². The van der Waals surface area contributed by atoms with Crippen LogP contribution in [0.3, 0.4) is 0 Å². The summed E-state index contributed by atoms with van der Waals surface area (Å²) >= 11 is 0. The van der Waals surface area contributed by atoms with Crippen LogP contribution in [-0.4, -0.2) is 22.1 Å². The van der Waals surface area contributed by atoms with E-state index in [1.165, 1.54) is 0 Å². The number of aromatic nitrogens is 2. The Morgan fingerprint density at radius 1 is 1.25 bits per heavy atom. The molecule has 106 valence electrons. The molecular weight excluding hydrogens is 250 g/mol. The lowest BCUT2D eigenvalue weighted by Gasteiger charge is -2.19. The topological polar surface area (TPSA) is 49.2 Å². The molecule has 0 aromatic carbocycles. The molecule has 0 bridgehead atoms. The molecule has 0 aliphatic carbocycles. The van der Waals surface area contributed by atoms with Crippen LogP contribution in [0.25, 0.3) is 0 Å². The largest absolute Gasteiger partial charge is 0.392 e. The van der Waals surface area contributed by atoms with Crippen LogP contribution in [0.1, 0.15) is 30.2 Å². The van der Waals surface area contributed by atoms with Gasteiger partial charge in [-0.2, -0.15) is 0 Å². The molecule has 0 radical (unpaired) electrons. The van der Waals surface area contributed by atoms with E-state index in [2.05, 4.69) is 21.8 Å². The highest BCUT2D eigenvalue weighted by Gasteiger charge is 2.07. The molecule has 2 rings (SSSR count). The number of pyridine rings is 2. The Morgan fingerprint density at radius 2 is 2.10 bits per heavy atom. The van der Waals surface area contributed by atoms with E-state index >= 15 is 0 Å². The molecular formula is C16H21N3O. The van der Waals surface area contributed by atoms with Crippen LogP contribution in [-0.2, 0) is 19.6 Å². The van der Waals surface area contributed by atoms with E-state index < -0.39 is 0 Å². The Hall–Kier alpha value is -1.94. The van der Waals surface area contributed by atoms with Crippen LogP contribution in [0.2, 0.25) is 0 Å². The average Bonchev–Trinajstić information content (AvgIpc) is 2.48. The van der Waals surface area contributed by atoms with Crippen molar-refractivity contribution in [3.8, 4) is 0 Å². The highest BCUT2D eigenvalue weighted by molar-refractivity contribution is 5.42. The Kier molecular flexibility index (Phi) is 5.07. The first-order chi connectivity index (χ1) is 9.72. The van der Waals surface area contributed by atoms with Crippen molar-refractivity contribution < 1.29 is 5.11 Å². The van der Waals surface area contributed by atoms with Gasteiger partial charge in [-0.25, -0.2) is 4.98 Å². The normalized spacial score (nSPS) is 10.6. The van der Waals surface area contributed by atoms with Gasteiger partial charge in [-0.05, 0) is 35.7 Å². The molecule has 0 aliphatic rings. The summed E-state index contributed by atoms with van der Waals surface area (Å²) in [5.74, 6) is 0.892. The number of aryl methyl sites for hydroxylation is 1. The van der Waals surface area contributed by atoms with Gasteiger partial charge < -0.3 is 10.0 Å². The van der Waals surface area contributed by atoms with Crippen molar-refractivity contribution in [2.75, 3.05) is 11.9 Å². The fourth-order valence-electron chi connectivity index (χ4n) is 2.15. The van der Waals surface area contributed by atoms with Crippen molar-refractivity contribution in [1.82, 2.24) is 9.97 Å². The van der Waals surface area contributed by atoms with Crippen LogP contribution in [0.4, 0.5) is 5.82 Å². The van der Waals surface area contributed by atoms with E-state index in [9.17, 15) is 5.11 Å². The third kappa shape index (κ3) is 3.78. The summed E-state index contributed by atoms with van der Waals surface area (Å²) in [5.41, 5.74) is 3.09. The summed E-state index contributed by atoms with van der Waals surface area (Å²) in [4.78, 5) is 10.9. The molecule has 2 heterocycles. The zero-order valence-corrected chi connectivity index (χ0v) is 12.1. The van der Waals surface area contributed by atoms with Crippen molar-refractivity contribution in [2.45, 2.75) is 32.9 Å². The molecule has 1 N–H and O–H groups in total. The lowest BCUT2D eigenvalue weighted by molar-refractivity contribution is 0.281. The van der Waals surface area contributed by atoms with Gasteiger partial charge in [0.1, 0.15) is 5.82 Å². The number of aliphatic hydroxyl groups is 1. The fourth-order valence-corrected chi connectivity index (χ4v) is 2.15.